The van der Waals surface area contributed by atoms with Crippen LogP contribution in [0.2, 0.25) is 0 Å². The first-order valence-corrected chi connectivity index (χ1v) is 9.58. The normalized spacial score (nSPS) is 10.9. The van der Waals surface area contributed by atoms with Crippen LogP contribution in [0.3, 0.4) is 0 Å². The molecule has 0 aromatic heterocycles. The number of guanidine groups is 1. The standard InChI is InChI=1S/C22H30N4O4/c1-26(2)20(27)15-24-22(23-12-11-16-9-7-6-8-10-16)25-17-13-18(28-3)21(30-5)19(14-17)29-4/h6-10,13-14H,11-12,15H2,1-5H3,(H2,23,24,25). The van der Waals surface area contributed by atoms with Gasteiger partial charge in [-0.15, -0.1) is 0 Å². The van der Waals surface area contributed by atoms with Gasteiger partial charge in [-0.25, -0.2) is 4.99 Å². The summed E-state index contributed by atoms with van der Waals surface area (Å²) in [5.41, 5.74) is 1.90. The van der Waals surface area contributed by atoms with Crippen molar-refractivity contribution in [3.63, 3.8) is 0 Å². The molecular formula is C22H30N4O4. The summed E-state index contributed by atoms with van der Waals surface area (Å²) in [5, 5.41) is 6.48. The molecule has 2 rings (SSSR count). The number of anilines is 1. The minimum absolute atomic E-state index is 0.0259. The first-order valence-electron chi connectivity index (χ1n) is 9.58. The Bertz CT molecular complexity index is 828. The fraction of sp³-hybridized carbons (Fsp3) is 0.364. The van der Waals surface area contributed by atoms with E-state index in [1.165, 1.54) is 10.5 Å². The number of hydrogen-bond donors (Lipinski definition) is 2. The molecule has 0 aliphatic carbocycles. The highest BCUT2D eigenvalue weighted by Gasteiger charge is 2.14. The van der Waals surface area contributed by atoms with E-state index < -0.39 is 0 Å². The van der Waals surface area contributed by atoms with E-state index in [4.69, 9.17) is 14.2 Å². The molecule has 0 atom stereocenters. The highest BCUT2D eigenvalue weighted by molar-refractivity contribution is 5.95. The lowest BCUT2D eigenvalue weighted by atomic mass is 10.1. The molecule has 1 amide bonds. The van der Waals surface area contributed by atoms with Gasteiger partial charge in [-0.3, -0.25) is 4.79 Å². The zero-order valence-corrected chi connectivity index (χ0v) is 18.2. The maximum absolute atomic E-state index is 12.0. The van der Waals surface area contributed by atoms with E-state index in [2.05, 4.69) is 27.8 Å². The smallest absolute Gasteiger partial charge is 0.243 e. The van der Waals surface area contributed by atoms with E-state index in [0.29, 0.717) is 35.4 Å². The maximum Gasteiger partial charge on any atom is 0.243 e. The van der Waals surface area contributed by atoms with Crippen LogP contribution < -0.4 is 24.8 Å². The molecule has 2 N–H and O–H groups in total. The number of ether oxygens (including phenoxy) is 3. The second kappa shape index (κ2) is 11.5. The number of methoxy groups -OCH3 is 3. The van der Waals surface area contributed by atoms with Crippen molar-refractivity contribution in [2.45, 2.75) is 6.42 Å². The van der Waals surface area contributed by atoms with Gasteiger partial charge in [0.25, 0.3) is 0 Å². The number of benzene rings is 2. The van der Waals surface area contributed by atoms with Crippen molar-refractivity contribution in [1.29, 1.82) is 0 Å². The first-order chi connectivity index (χ1) is 14.5. The van der Waals surface area contributed by atoms with Crippen LogP contribution in [0.25, 0.3) is 0 Å². The summed E-state index contributed by atoms with van der Waals surface area (Å²) in [6, 6.07) is 13.7. The summed E-state index contributed by atoms with van der Waals surface area (Å²) >= 11 is 0. The third-order valence-corrected chi connectivity index (χ3v) is 4.35. The third-order valence-electron chi connectivity index (χ3n) is 4.35. The van der Waals surface area contributed by atoms with Gasteiger partial charge in [0.2, 0.25) is 11.7 Å². The zero-order chi connectivity index (χ0) is 21.9. The molecule has 0 spiro atoms. The van der Waals surface area contributed by atoms with Gasteiger partial charge in [0.1, 0.15) is 6.54 Å². The van der Waals surface area contributed by atoms with E-state index in [1.54, 1.807) is 47.6 Å². The van der Waals surface area contributed by atoms with E-state index in [1.807, 2.05) is 18.2 Å². The monoisotopic (exact) mass is 414 g/mol. The summed E-state index contributed by atoms with van der Waals surface area (Å²) in [6.07, 6.45) is 0.818. The van der Waals surface area contributed by atoms with Gasteiger partial charge in [0.15, 0.2) is 17.5 Å². The summed E-state index contributed by atoms with van der Waals surface area (Å²) in [4.78, 5) is 17.9. The molecule has 0 radical (unpaired) electrons. The Hall–Kier alpha value is -3.42. The zero-order valence-electron chi connectivity index (χ0n) is 18.2. The largest absolute Gasteiger partial charge is 0.493 e. The molecule has 0 saturated carbocycles. The minimum atomic E-state index is -0.0935. The fourth-order valence-electron chi connectivity index (χ4n) is 2.69. The van der Waals surface area contributed by atoms with Gasteiger partial charge in [-0.05, 0) is 12.0 Å². The Morgan fingerprint density at radius 3 is 2.17 bits per heavy atom. The highest BCUT2D eigenvalue weighted by Crippen LogP contribution is 2.39. The van der Waals surface area contributed by atoms with Crippen LogP contribution in [-0.4, -0.2) is 65.3 Å². The average Bonchev–Trinajstić information content (AvgIpc) is 2.76. The lowest BCUT2D eigenvalue weighted by Crippen LogP contribution is -2.34. The lowest BCUT2D eigenvalue weighted by Gasteiger charge is -2.17. The van der Waals surface area contributed by atoms with Crippen molar-refractivity contribution in [1.82, 2.24) is 10.2 Å². The number of aliphatic imine (C=N–C) groups is 1. The Morgan fingerprint density at radius 1 is 1.00 bits per heavy atom. The van der Waals surface area contributed by atoms with E-state index >= 15 is 0 Å². The first kappa shape index (κ1) is 22.9. The van der Waals surface area contributed by atoms with Crippen molar-refractivity contribution in [3.8, 4) is 17.2 Å². The van der Waals surface area contributed by atoms with E-state index in [9.17, 15) is 4.79 Å². The molecule has 2 aromatic rings. The second-order valence-electron chi connectivity index (χ2n) is 6.65. The Kier molecular flexibility index (Phi) is 8.80. The van der Waals surface area contributed by atoms with Crippen LogP contribution in [0.5, 0.6) is 17.2 Å². The summed E-state index contributed by atoms with van der Waals surface area (Å²) in [7, 11) is 8.08. The molecule has 0 heterocycles. The summed E-state index contributed by atoms with van der Waals surface area (Å²) in [6.45, 7) is 0.675. The maximum atomic E-state index is 12.0. The summed E-state index contributed by atoms with van der Waals surface area (Å²) in [5.74, 6) is 1.93. The molecule has 2 aromatic carbocycles. The number of nitrogens with zero attached hydrogens (tertiary/aromatic N) is 2. The third kappa shape index (κ3) is 6.58. The predicted octanol–water partition coefficient (Wildman–Crippen LogP) is 2.40. The Balaban J connectivity index is 2.19. The van der Waals surface area contributed by atoms with Gasteiger partial charge in [0.05, 0.1) is 21.3 Å². The van der Waals surface area contributed by atoms with Crippen LogP contribution in [0.15, 0.2) is 47.5 Å². The lowest BCUT2D eigenvalue weighted by molar-refractivity contribution is -0.127. The number of carbonyl (C=O) groups excluding carboxylic acids is 1. The van der Waals surface area contributed by atoms with Crippen molar-refractivity contribution < 1.29 is 19.0 Å². The molecule has 8 heteroatoms. The van der Waals surface area contributed by atoms with E-state index in [0.717, 1.165) is 6.42 Å². The van der Waals surface area contributed by atoms with Crippen LogP contribution in [0.4, 0.5) is 5.69 Å². The molecule has 30 heavy (non-hydrogen) atoms. The fourth-order valence-corrected chi connectivity index (χ4v) is 2.69. The van der Waals surface area contributed by atoms with Crippen molar-refractivity contribution >= 4 is 17.6 Å². The van der Waals surface area contributed by atoms with Crippen LogP contribution in [0, 0.1) is 0 Å². The number of hydrogen-bond acceptors (Lipinski definition) is 5. The van der Waals surface area contributed by atoms with E-state index in [-0.39, 0.29) is 12.5 Å². The Labute approximate surface area is 177 Å². The van der Waals surface area contributed by atoms with Gasteiger partial charge < -0.3 is 29.7 Å². The van der Waals surface area contributed by atoms with Gasteiger partial charge in [0, 0.05) is 38.5 Å². The van der Waals surface area contributed by atoms with Gasteiger partial charge in [-0.2, -0.15) is 0 Å². The molecule has 0 bridgehead atoms. The van der Waals surface area contributed by atoms with Crippen molar-refractivity contribution in [2.75, 3.05) is 53.8 Å². The average molecular weight is 415 g/mol. The van der Waals surface area contributed by atoms with Crippen molar-refractivity contribution in [3.05, 3.63) is 48.0 Å². The molecular weight excluding hydrogens is 384 g/mol. The van der Waals surface area contributed by atoms with Crippen molar-refractivity contribution in [2.24, 2.45) is 4.99 Å². The molecule has 0 unspecified atom stereocenters. The molecule has 0 aliphatic heterocycles. The number of rotatable bonds is 9. The van der Waals surface area contributed by atoms with Gasteiger partial charge in [-0.1, -0.05) is 30.3 Å². The van der Waals surface area contributed by atoms with Gasteiger partial charge >= 0.3 is 0 Å². The summed E-state index contributed by atoms with van der Waals surface area (Å²) < 4.78 is 16.2. The number of nitrogens with one attached hydrogen (secondary N) is 2. The Morgan fingerprint density at radius 2 is 1.63 bits per heavy atom. The molecule has 162 valence electrons. The number of amides is 1. The predicted molar refractivity (Wildman–Crippen MR) is 119 cm³/mol. The second-order valence-corrected chi connectivity index (χ2v) is 6.65. The minimum Gasteiger partial charge on any atom is -0.493 e. The highest BCUT2D eigenvalue weighted by atomic mass is 16.5. The quantitative estimate of drug-likeness (QED) is 0.484. The molecule has 0 aliphatic rings. The number of likely N-dealkylation sites (N-methyl/N-ethyl adjacent to an activating group) is 1. The topological polar surface area (TPSA) is 84.4 Å². The number of carbonyl (C=O) groups is 1. The van der Waals surface area contributed by atoms with Crippen LogP contribution >= 0.6 is 0 Å². The SMILES string of the molecule is COc1cc(NC(=NCC(=O)N(C)C)NCCc2ccccc2)cc(OC)c1OC. The molecule has 8 nitrogen and oxygen atoms in total. The molecule has 0 fully saturated rings. The van der Waals surface area contributed by atoms with Crippen LogP contribution in [-0.2, 0) is 11.2 Å². The molecule has 0 saturated heterocycles. The van der Waals surface area contributed by atoms with Crippen LogP contribution in [0.1, 0.15) is 5.56 Å².